The quantitative estimate of drug-likeness (QED) is 0.680. The van der Waals surface area contributed by atoms with Gasteiger partial charge in [0.05, 0.1) is 12.6 Å². The van der Waals surface area contributed by atoms with Crippen LogP contribution in [0, 0.1) is 5.41 Å². The number of piperidine rings is 1. The number of nitrogens with two attached hydrogens (primary N) is 1. The number of aromatic amines is 1. The number of nitrogens with one attached hydrogen (secondary N) is 1. The highest BCUT2D eigenvalue weighted by molar-refractivity contribution is 5.85. The van der Waals surface area contributed by atoms with E-state index in [4.69, 9.17) is 10.5 Å². The van der Waals surface area contributed by atoms with E-state index >= 15 is 0 Å². The fourth-order valence-electron chi connectivity index (χ4n) is 3.76. The summed E-state index contributed by atoms with van der Waals surface area (Å²) < 4.78 is 5.62. The summed E-state index contributed by atoms with van der Waals surface area (Å²) in [6.45, 7) is 7.77. The Morgan fingerprint density at radius 2 is 1.81 bits per heavy atom. The van der Waals surface area contributed by atoms with Crippen molar-refractivity contribution in [1.82, 2.24) is 14.8 Å². The zero-order chi connectivity index (χ0) is 22.4. The van der Waals surface area contributed by atoms with Crippen LogP contribution in [0.3, 0.4) is 0 Å². The molecule has 1 fully saturated rings. The topological polar surface area (TPSA) is 91.7 Å². The number of nitrogens with zero attached hydrogens (tertiary/aromatic N) is 2. The zero-order valence-electron chi connectivity index (χ0n) is 19.1. The average Bonchev–Trinajstić information content (AvgIpc) is 3.28. The molecule has 7 nitrogen and oxygen atoms in total. The van der Waals surface area contributed by atoms with Gasteiger partial charge in [0.2, 0.25) is 5.91 Å². The van der Waals surface area contributed by atoms with E-state index in [0.29, 0.717) is 32.5 Å². The maximum absolute atomic E-state index is 13.0. The third-order valence-electron chi connectivity index (χ3n) is 5.86. The van der Waals surface area contributed by atoms with Crippen LogP contribution in [0.1, 0.15) is 44.9 Å². The predicted molar refractivity (Wildman–Crippen MR) is 127 cm³/mol. The standard InChI is InChI=1S/C24H34N4O3.ClH/c1-24(2,3)21(25)22(29)27-14-11-20(12-15-27)28(16-19-10-7-13-26-19)23(30)31-17-18-8-5-4-6-9-18;/h4-10,13,20-21,26H,11-12,14-17,25H2,1-3H3;1H/t21-;/m1./s1. The van der Waals surface area contributed by atoms with Gasteiger partial charge in [-0.05, 0) is 36.0 Å². The van der Waals surface area contributed by atoms with Crippen LogP contribution in [0.2, 0.25) is 0 Å². The van der Waals surface area contributed by atoms with Gasteiger partial charge in [-0.2, -0.15) is 0 Å². The fraction of sp³-hybridized carbons (Fsp3) is 0.500. The number of H-pyrrole nitrogens is 1. The number of halogens is 1. The molecule has 8 heteroatoms. The highest BCUT2D eigenvalue weighted by Gasteiger charge is 2.35. The van der Waals surface area contributed by atoms with Gasteiger partial charge < -0.3 is 20.4 Å². The van der Waals surface area contributed by atoms with Gasteiger partial charge in [-0.3, -0.25) is 9.69 Å². The maximum atomic E-state index is 13.0. The number of carbonyl (C=O) groups excluding carboxylic acids is 2. The Labute approximate surface area is 196 Å². The summed E-state index contributed by atoms with van der Waals surface area (Å²) in [7, 11) is 0. The Bertz CT molecular complexity index is 844. The molecule has 0 saturated carbocycles. The molecular weight excluding hydrogens is 428 g/mol. The van der Waals surface area contributed by atoms with Crippen LogP contribution in [-0.2, 0) is 22.7 Å². The van der Waals surface area contributed by atoms with Crippen molar-refractivity contribution in [1.29, 1.82) is 0 Å². The van der Waals surface area contributed by atoms with E-state index in [-0.39, 0.29) is 42.5 Å². The summed E-state index contributed by atoms with van der Waals surface area (Å²) in [5.74, 6) is -0.0199. The van der Waals surface area contributed by atoms with Gasteiger partial charge >= 0.3 is 6.09 Å². The Kier molecular flexibility index (Phi) is 9.16. The van der Waals surface area contributed by atoms with Gasteiger partial charge in [-0.1, -0.05) is 51.1 Å². The number of likely N-dealkylation sites (tertiary alicyclic amines) is 1. The van der Waals surface area contributed by atoms with Crippen LogP contribution in [0.25, 0.3) is 0 Å². The number of carbonyl (C=O) groups is 2. The summed E-state index contributed by atoms with van der Waals surface area (Å²) in [4.78, 5) is 32.5. The van der Waals surface area contributed by atoms with Gasteiger partial charge in [0, 0.05) is 31.0 Å². The Morgan fingerprint density at radius 3 is 2.38 bits per heavy atom. The second-order valence-corrected chi connectivity index (χ2v) is 9.26. The minimum Gasteiger partial charge on any atom is -0.445 e. The maximum Gasteiger partial charge on any atom is 0.410 e. The third kappa shape index (κ3) is 6.74. The average molecular weight is 463 g/mol. The molecule has 1 aliphatic heterocycles. The van der Waals surface area contributed by atoms with Crippen LogP contribution in [0.4, 0.5) is 4.79 Å². The number of rotatable bonds is 6. The minimum absolute atomic E-state index is 0. The molecule has 3 N–H and O–H groups in total. The monoisotopic (exact) mass is 462 g/mol. The fourth-order valence-corrected chi connectivity index (χ4v) is 3.76. The lowest BCUT2D eigenvalue weighted by Gasteiger charge is -2.40. The predicted octanol–water partition coefficient (Wildman–Crippen LogP) is 3.94. The number of benzene rings is 1. The van der Waals surface area contributed by atoms with E-state index in [1.165, 1.54) is 0 Å². The normalized spacial score (nSPS) is 15.6. The molecule has 2 aromatic rings. The van der Waals surface area contributed by atoms with Gasteiger partial charge in [0.15, 0.2) is 0 Å². The van der Waals surface area contributed by atoms with Crippen molar-refractivity contribution in [2.24, 2.45) is 11.1 Å². The molecule has 176 valence electrons. The van der Waals surface area contributed by atoms with Gasteiger partial charge in [-0.25, -0.2) is 4.79 Å². The highest BCUT2D eigenvalue weighted by atomic mass is 35.5. The Balaban J connectivity index is 0.00000363. The van der Waals surface area contributed by atoms with Crippen LogP contribution >= 0.6 is 12.4 Å². The molecule has 1 saturated heterocycles. The molecule has 0 radical (unpaired) electrons. The first-order valence-corrected chi connectivity index (χ1v) is 10.9. The molecule has 1 atom stereocenters. The van der Waals surface area contributed by atoms with E-state index in [9.17, 15) is 9.59 Å². The smallest absolute Gasteiger partial charge is 0.410 e. The van der Waals surface area contributed by atoms with E-state index in [2.05, 4.69) is 4.98 Å². The van der Waals surface area contributed by atoms with Crippen molar-refractivity contribution in [2.75, 3.05) is 13.1 Å². The molecule has 2 heterocycles. The Morgan fingerprint density at radius 1 is 1.16 bits per heavy atom. The summed E-state index contributed by atoms with van der Waals surface area (Å²) >= 11 is 0. The number of amides is 2. The van der Waals surface area contributed by atoms with E-state index in [0.717, 1.165) is 11.3 Å². The lowest BCUT2D eigenvalue weighted by Crippen LogP contribution is -2.54. The molecular formula is C24H35ClN4O3. The first-order chi connectivity index (χ1) is 14.8. The molecule has 2 amide bonds. The second kappa shape index (κ2) is 11.4. The molecule has 0 unspecified atom stereocenters. The molecule has 3 rings (SSSR count). The number of hydrogen-bond acceptors (Lipinski definition) is 4. The SMILES string of the molecule is CC(C)(C)[C@H](N)C(=O)N1CCC(N(Cc2ccc[nH]2)C(=O)OCc2ccccc2)CC1.Cl. The molecule has 0 aliphatic carbocycles. The third-order valence-corrected chi connectivity index (χ3v) is 5.86. The minimum atomic E-state index is -0.532. The summed E-state index contributed by atoms with van der Waals surface area (Å²) in [6, 6.07) is 13.0. The van der Waals surface area contributed by atoms with Crippen LogP contribution in [0.5, 0.6) is 0 Å². The summed E-state index contributed by atoms with van der Waals surface area (Å²) in [6.07, 6.45) is 2.90. The molecule has 0 bridgehead atoms. The van der Waals surface area contributed by atoms with E-state index in [1.54, 1.807) is 4.90 Å². The lowest BCUT2D eigenvalue weighted by atomic mass is 9.86. The van der Waals surface area contributed by atoms with Crippen LogP contribution in [0.15, 0.2) is 48.7 Å². The van der Waals surface area contributed by atoms with Gasteiger partial charge in [-0.15, -0.1) is 12.4 Å². The number of ether oxygens (including phenoxy) is 1. The number of hydrogen-bond donors (Lipinski definition) is 2. The molecule has 32 heavy (non-hydrogen) atoms. The highest BCUT2D eigenvalue weighted by Crippen LogP contribution is 2.24. The zero-order valence-corrected chi connectivity index (χ0v) is 19.9. The summed E-state index contributed by atoms with van der Waals surface area (Å²) in [5, 5.41) is 0. The van der Waals surface area contributed by atoms with Gasteiger partial charge in [0.1, 0.15) is 6.61 Å². The summed E-state index contributed by atoms with van der Waals surface area (Å²) in [5.41, 5.74) is 7.79. The first kappa shape index (κ1) is 25.7. The Hall–Kier alpha value is -2.51. The van der Waals surface area contributed by atoms with Crippen molar-refractivity contribution in [3.8, 4) is 0 Å². The first-order valence-electron chi connectivity index (χ1n) is 10.9. The van der Waals surface area contributed by atoms with Crippen molar-refractivity contribution in [3.05, 3.63) is 59.9 Å². The van der Waals surface area contributed by atoms with E-state index in [1.807, 2.05) is 74.3 Å². The second-order valence-electron chi connectivity index (χ2n) is 9.26. The van der Waals surface area contributed by atoms with E-state index < -0.39 is 6.04 Å². The van der Waals surface area contributed by atoms with Gasteiger partial charge in [0.25, 0.3) is 0 Å². The van der Waals surface area contributed by atoms with Crippen molar-refractivity contribution in [3.63, 3.8) is 0 Å². The largest absolute Gasteiger partial charge is 0.445 e. The molecule has 1 aromatic heterocycles. The lowest BCUT2D eigenvalue weighted by molar-refractivity contribution is -0.136. The molecule has 0 spiro atoms. The number of aromatic nitrogens is 1. The molecule has 1 aliphatic rings. The van der Waals surface area contributed by atoms with Crippen molar-refractivity contribution in [2.45, 2.75) is 58.8 Å². The van der Waals surface area contributed by atoms with Crippen LogP contribution in [-0.4, -0.2) is 52.0 Å². The van der Waals surface area contributed by atoms with Crippen molar-refractivity contribution < 1.29 is 14.3 Å². The molecule has 1 aromatic carbocycles. The van der Waals surface area contributed by atoms with Crippen LogP contribution < -0.4 is 5.73 Å². The van der Waals surface area contributed by atoms with Crippen molar-refractivity contribution >= 4 is 24.4 Å².